The van der Waals surface area contributed by atoms with Crippen LogP contribution in [0.25, 0.3) is 20.2 Å². The van der Waals surface area contributed by atoms with E-state index >= 15 is 0 Å². The van der Waals surface area contributed by atoms with Gasteiger partial charge in [0.05, 0.1) is 21.1 Å². The van der Waals surface area contributed by atoms with E-state index in [0.717, 1.165) is 14.8 Å². The zero-order valence-electron chi connectivity index (χ0n) is 14.2. The van der Waals surface area contributed by atoms with Gasteiger partial charge in [-0.15, -0.1) is 11.3 Å². The van der Waals surface area contributed by atoms with Crippen LogP contribution in [0.1, 0.15) is 0 Å². The molecule has 24 heavy (non-hydrogen) atoms. The molecule has 126 valence electrons. The Morgan fingerprint density at radius 1 is 1.08 bits per heavy atom. The van der Waals surface area contributed by atoms with Crippen LogP contribution in [0.4, 0.5) is 0 Å². The van der Waals surface area contributed by atoms with E-state index in [1.807, 2.05) is 57.5 Å². The van der Waals surface area contributed by atoms with E-state index in [1.54, 1.807) is 17.4 Å². The van der Waals surface area contributed by atoms with Crippen molar-refractivity contribution in [1.82, 2.24) is 0 Å². The highest BCUT2D eigenvalue weighted by Crippen LogP contribution is 2.27. The van der Waals surface area contributed by atoms with Gasteiger partial charge in [-0.25, -0.2) is 0 Å². The first-order valence-electron chi connectivity index (χ1n) is 7.90. The zero-order valence-corrected chi connectivity index (χ0v) is 15.0. The molecule has 0 fully saturated rings. The largest absolute Gasteiger partial charge is 0.491 e. The van der Waals surface area contributed by atoms with Crippen molar-refractivity contribution >= 4 is 31.5 Å². The molecular formula is C19H22NO3S+. The summed E-state index contributed by atoms with van der Waals surface area (Å²) in [6.45, 7) is 0.819. The minimum atomic E-state index is -0.549. The first kappa shape index (κ1) is 16.9. The van der Waals surface area contributed by atoms with Crippen molar-refractivity contribution in [2.75, 3.05) is 34.3 Å². The fourth-order valence-corrected chi connectivity index (χ4v) is 3.80. The number of benzene rings is 2. The molecular weight excluding hydrogens is 322 g/mol. The Morgan fingerprint density at radius 2 is 1.79 bits per heavy atom. The predicted molar refractivity (Wildman–Crippen MR) is 100 cm³/mol. The van der Waals surface area contributed by atoms with Crippen LogP contribution in [-0.2, 0) is 0 Å². The average Bonchev–Trinajstić information content (AvgIpc) is 2.52. The molecule has 3 aromatic rings. The summed E-state index contributed by atoms with van der Waals surface area (Å²) in [7, 11) is 6.07. The molecule has 0 saturated carbocycles. The number of ether oxygens (including phenoxy) is 1. The number of hydrogen-bond acceptors (Lipinski definition) is 4. The summed E-state index contributed by atoms with van der Waals surface area (Å²) in [5, 5.41) is 11.5. The van der Waals surface area contributed by atoms with E-state index in [1.165, 1.54) is 0 Å². The van der Waals surface area contributed by atoms with E-state index in [0.29, 0.717) is 22.2 Å². The van der Waals surface area contributed by atoms with E-state index in [4.69, 9.17) is 4.74 Å². The van der Waals surface area contributed by atoms with Gasteiger partial charge in [0.25, 0.3) is 0 Å². The normalized spacial score (nSPS) is 13.3. The molecule has 4 nitrogen and oxygen atoms in total. The molecule has 0 radical (unpaired) electrons. The third kappa shape index (κ3) is 3.75. The summed E-state index contributed by atoms with van der Waals surface area (Å²) in [4.78, 5) is 12.7. The third-order valence-corrected chi connectivity index (χ3v) is 4.90. The predicted octanol–water partition coefficient (Wildman–Crippen LogP) is 2.86. The van der Waals surface area contributed by atoms with Gasteiger partial charge in [-0.05, 0) is 30.3 Å². The van der Waals surface area contributed by atoms with Crippen molar-refractivity contribution < 1.29 is 14.3 Å². The lowest BCUT2D eigenvalue weighted by molar-refractivity contribution is -0.873. The molecule has 1 N–H and O–H groups in total. The van der Waals surface area contributed by atoms with Crippen LogP contribution in [0.3, 0.4) is 0 Å². The SMILES string of the molecule is C[N+](C)(C)CC(O)COc1ccc2sc3ccccc3c(=O)c2c1. The molecule has 0 aliphatic rings. The second-order valence-electron chi connectivity index (χ2n) is 7.02. The van der Waals surface area contributed by atoms with Gasteiger partial charge in [0.1, 0.15) is 25.0 Å². The minimum Gasteiger partial charge on any atom is -0.491 e. The van der Waals surface area contributed by atoms with Gasteiger partial charge < -0.3 is 14.3 Å². The Bertz CT molecular complexity index is 927. The molecule has 0 spiro atoms. The number of rotatable bonds is 5. The van der Waals surface area contributed by atoms with Crippen molar-refractivity contribution in [1.29, 1.82) is 0 Å². The summed E-state index contributed by atoms with van der Waals surface area (Å²) in [6, 6.07) is 13.2. The lowest BCUT2D eigenvalue weighted by Crippen LogP contribution is -2.43. The Labute approximate surface area is 145 Å². The molecule has 0 aliphatic carbocycles. The molecule has 1 unspecified atom stereocenters. The Kier molecular flexibility index (Phi) is 4.58. The van der Waals surface area contributed by atoms with Crippen molar-refractivity contribution in [2.24, 2.45) is 0 Å². The Hall–Kier alpha value is -1.95. The summed E-state index contributed by atoms with van der Waals surface area (Å²) < 4.78 is 8.29. The smallest absolute Gasteiger partial charge is 0.196 e. The number of nitrogens with zero attached hydrogens (tertiary/aromatic N) is 1. The third-order valence-electron chi connectivity index (χ3n) is 3.75. The summed E-state index contributed by atoms with van der Waals surface area (Å²) >= 11 is 1.60. The highest BCUT2D eigenvalue weighted by Gasteiger charge is 2.16. The fraction of sp³-hybridized carbons (Fsp3) is 0.316. The van der Waals surface area contributed by atoms with Gasteiger partial charge in [0.2, 0.25) is 0 Å². The number of aliphatic hydroxyl groups is 1. The van der Waals surface area contributed by atoms with Gasteiger partial charge in [-0.3, -0.25) is 4.79 Å². The number of likely N-dealkylation sites (N-methyl/N-ethyl adjacent to an activating group) is 1. The molecule has 5 heteroatoms. The highest BCUT2D eigenvalue weighted by atomic mass is 32.1. The standard InChI is InChI=1S/C19H22NO3S/c1-20(2,3)11-13(21)12-23-14-8-9-18-16(10-14)19(22)15-6-4-5-7-17(15)24-18/h4-10,13,21H,11-12H2,1-3H3/q+1. The van der Waals surface area contributed by atoms with Gasteiger partial charge in [-0.1, -0.05) is 12.1 Å². The monoisotopic (exact) mass is 344 g/mol. The van der Waals surface area contributed by atoms with Crippen molar-refractivity contribution in [2.45, 2.75) is 6.10 Å². The lowest BCUT2D eigenvalue weighted by Gasteiger charge is -2.26. The quantitative estimate of drug-likeness (QED) is 0.572. The van der Waals surface area contributed by atoms with Crippen LogP contribution in [0.2, 0.25) is 0 Å². The minimum absolute atomic E-state index is 0.0247. The van der Waals surface area contributed by atoms with Gasteiger partial charge >= 0.3 is 0 Å². The first-order chi connectivity index (χ1) is 11.3. The Balaban J connectivity index is 1.87. The number of fused-ring (bicyclic) bond motifs is 2. The average molecular weight is 344 g/mol. The maximum absolute atomic E-state index is 12.7. The summed E-state index contributed by atoms with van der Waals surface area (Å²) in [5.41, 5.74) is 0.0247. The number of aliphatic hydroxyl groups excluding tert-OH is 1. The Morgan fingerprint density at radius 3 is 2.54 bits per heavy atom. The lowest BCUT2D eigenvalue weighted by atomic mass is 10.2. The first-order valence-corrected chi connectivity index (χ1v) is 8.72. The van der Waals surface area contributed by atoms with E-state index in [9.17, 15) is 9.90 Å². The van der Waals surface area contributed by atoms with Crippen LogP contribution >= 0.6 is 11.3 Å². The molecule has 0 aliphatic heterocycles. The molecule has 1 atom stereocenters. The zero-order chi connectivity index (χ0) is 17.3. The van der Waals surface area contributed by atoms with Gasteiger partial charge in [-0.2, -0.15) is 0 Å². The molecule has 1 heterocycles. The van der Waals surface area contributed by atoms with Crippen LogP contribution in [0, 0.1) is 0 Å². The van der Waals surface area contributed by atoms with E-state index in [-0.39, 0.29) is 12.0 Å². The second kappa shape index (κ2) is 6.51. The number of hydrogen-bond donors (Lipinski definition) is 1. The van der Waals surface area contributed by atoms with Crippen LogP contribution in [0.5, 0.6) is 5.75 Å². The van der Waals surface area contributed by atoms with Gasteiger partial charge in [0, 0.05) is 20.2 Å². The molecule has 0 saturated heterocycles. The maximum atomic E-state index is 12.7. The topological polar surface area (TPSA) is 46.5 Å². The second-order valence-corrected chi connectivity index (χ2v) is 8.11. The molecule has 3 rings (SSSR count). The summed E-state index contributed by atoms with van der Waals surface area (Å²) in [5.74, 6) is 0.613. The van der Waals surface area contributed by atoms with E-state index < -0.39 is 6.10 Å². The molecule has 0 amide bonds. The highest BCUT2D eigenvalue weighted by molar-refractivity contribution is 7.24. The molecule has 0 bridgehead atoms. The maximum Gasteiger partial charge on any atom is 0.196 e. The molecule has 2 aromatic carbocycles. The van der Waals surface area contributed by atoms with E-state index in [2.05, 4.69) is 0 Å². The van der Waals surface area contributed by atoms with Crippen molar-refractivity contribution in [3.05, 3.63) is 52.7 Å². The number of quaternary nitrogens is 1. The van der Waals surface area contributed by atoms with Crippen LogP contribution in [-0.4, -0.2) is 50.0 Å². The van der Waals surface area contributed by atoms with Crippen LogP contribution < -0.4 is 10.2 Å². The van der Waals surface area contributed by atoms with Crippen molar-refractivity contribution in [3.63, 3.8) is 0 Å². The van der Waals surface area contributed by atoms with Crippen molar-refractivity contribution in [3.8, 4) is 5.75 Å². The molecule has 1 aromatic heterocycles. The summed E-state index contributed by atoms with van der Waals surface area (Å²) in [6.07, 6.45) is -0.549. The van der Waals surface area contributed by atoms with Gasteiger partial charge in [0.15, 0.2) is 5.43 Å². The fourth-order valence-electron chi connectivity index (χ4n) is 2.75. The van der Waals surface area contributed by atoms with Crippen LogP contribution in [0.15, 0.2) is 47.3 Å².